The van der Waals surface area contributed by atoms with Crippen molar-refractivity contribution in [3.8, 4) is 5.75 Å². The lowest BCUT2D eigenvalue weighted by molar-refractivity contribution is 0.0177. The number of nitrogens with one attached hydrogen (secondary N) is 1. The van der Waals surface area contributed by atoms with E-state index in [1.807, 2.05) is 27.7 Å². The van der Waals surface area contributed by atoms with E-state index < -0.39 is 17.5 Å². The maximum absolute atomic E-state index is 12.4. The van der Waals surface area contributed by atoms with Gasteiger partial charge >= 0.3 is 18.0 Å². The van der Waals surface area contributed by atoms with Gasteiger partial charge in [0.15, 0.2) is 0 Å². The Kier molecular flexibility index (Phi) is 9.22. The minimum atomic E-state index is -0.582. The quantitative estimate of drug-likeness (QED) is 0.419. The summed E-state index contributed by atoms with van der Waals surface area (Å²) in [6.45, 7) is 9.93. The van der Waals surface area contributed by atoms with E-state index in [1.165, 1.54) is 14.2 Å². The first-order chi connectivity index (χ1) is 17.1. The molecule has 0 spiro atoms. The second-order valence-electron chi connectivity index (χ2n) is 10.5. The summed E-state index contributed by atoms with van der Waals surface area (Å²) in [5.74, 6) is -0.0302. The van der Waals surface area contributed by atoms with Crippen LogP contribution in [0.5, 0.6) is 5.75 Å². The summed E-state index contributed by atoms with van der Waals surface area (Å²) in [6, 6.07) is 3.67. The zero-order valence-corrected chi connectivity index (χ0v) is 22.3. The Hall–Kier alpha value is -2.81. The molecule has 1 heterocycles. The Morgan fingerprint density at radius 3 is 2.22 bits per heavy atom. The molecular weight excluding hydrogens is 464 g/mol. The summed E-state index contributed by atoms with van der Waals surface area (Å²) >= 11 is 0. The number of ether oxygens (including phenoxy) is 4. The molecule has 2 fully saturated rings. The number of benzene rings is 1. The molecule has 1 aromatic rings. The van der Waals surface area contributed by atoms with E-state index >= 15 is 0 Å². The molecule has 1 N–H and O–H groups in total. The van der Waals surface area contributed by atoms with Gasteiger partial charge in [0.1, 0.15) is 17.5 Å². The highest BCUT2D eigenvalue weighted by Gasteiger charge is 2.34. The van der Waals surface area contributed by atoms with E-state index in [0.717, 1.165) is 45.3 Å². The summed E-state index contributed by atoms with van der Waals surface area (Å²) in [5, 5.41) is 3.64. The van der Waals surface area contributed by atoms with Crippen molar-refractivity contribution in [2.45, 2.75) is 77.5 Å². The Morgan fingerprint density at radius 2 is 1.67 bits per heavy atom. The SMILES string of the molecule is CCc1c(OC2CC(NCC3CCN(C(=O)OC(C)(C)C)CC3)C2)ccc(C(=O)OC)c1C(=O)OC. The van der Waals surface area contributed by atoms with Crippen molar-refractivity contribution in [2.75, 3.05) is 33.9 Å². The number of carbonyl (C=O) groups excluding carboxylic acids is 3. The monoisotopic (exact) mass is 504 g/mol. The van der Waals surface area contributed by atoms with Gasteiger partial charge in [0.25, 0.3) is 0 Å². The third-order valence-electron chi connectivity index (χ3n) is 6.77. The van der Waals surface area contributed by atoms with Crippen LogP contribution in [0, 0.1) is 5.92 Å². The van der Waals surface area contributed by atoms with E-state index in [-0.39, 0.29) is 23.3 Å². The number of piperidine rings is 1. The van der Waals surface area contributed by atoms with Crippen molar-refractivity contribution in [3.63, 3.8) is 0 Å². The predicted octanol–water partition coefficient (Wildman–Crippen LogP) is 3.97. The van der Waals surface area contributed by atoms with E-state index in [1.54, 1.807) is 17.0 Å². The number of amides is 1. The minimum Gasteiger partial charge on any atom is -0.490 e. The molecule has 1 saturated carbocycles. The van der Waals surface area contributed by atoms with Gasteiger partial charge in [-0.3, -0.25) is 0 Å². The van der Waals surface area contributed by atoms with E-state index in [4.69, 9.17) is 18.9 Å². The van der Waals surface area contributed by atoms with Crippen LogP contribution in [0.2, 0.25) is 0 Å². The van der Waals surface area contributed by atoms with Crippen LogP contribution in [0.3, 0.4) is 0 Å². The van der Waals surface area contributed by atoms with Crippen molar-refractivity contribution >= 4 is 18.0 Å². The van der Waals surface area contributed by atoms with E-state index in [0.29, 0.717) is 29.7 Å². The smallest absolute Gasteiger partial charge is 0.410 e. The van der Waals surface area contributed by atoms with Gasteiger partial charge in [-0.15, -0.1) is 0 Å². The van der Waals surface area contributed by atoms with Crippen LogP contribution in [0.4, 0.5) is 4.79 Å². The fourth-order valence-corrected chi connectivity index (χ4v) is 4.69. The topological polar surface area (TPSA) is 103 Å². The molecule has 3 rings (SSSR count). The molecule has 0 radical (unpaired) electrons. The summed E-state index contributed by atoms with van der Waals surface area (Å²) in [5.41, 5.74) is 0.564. The van der Waals surface area contributed by atoms with Crippen LogP contribution in [0.15, 0.2) is 12.1 Å². The molecular formula is C27H40N2O7. The highest BCUT2D eigenvalue weighted by atomic mass is 16.6. The predicted molar refractivity (Wildman–Crippen MR) is 134 cm³/mol. The molecule has 36 heavy (non-hydrogen) atoms. The lowest BCUT2D eigenvalue weighted by atomic mass is 9.87. The Balaban J connectivity index is 1.48. The lowest BCUT2D eigenvalue weighted by Crippen LogP contribution is -2.49. The summed E-state index contributed by atoms with van der Waals surface area (Å²) in [6.07, 6.45) is 3.98. The van der Waals surface area contributed by atoms with Crippen molar-refractivity contribution < 1.29 is 33.3 Å². The molecule has 0 aromatic heterocycles. The number of likely N-dealkylation sites (tertiary alicyclic amines) is 1. The maximum atomic E-state index is 12.4. The average molecular weight is 505 g/mol. The van der Waals surface area contributed by atoms with E-state index in [2.05, 4.69) is 5.32 Å². The fraction of sp³-hybridized carbons (Fsp3) is 0.667. The molecule has 1 aliphatic carbocycles. The molecule has 0 atom stereocenters. The van der Waals surface area contributed by atoms with Gasteiger partial charge in [0.05, 0.1) is 25.3 Å². The second-order valence-corrected chi connectivity index (χ2v) is 10.5. The second kappa shape index (κ2) is 12.0. The molecule has 200 valence electrons. The third kappa shape index (κ3) is 6.90. The van der Waals surface area contributed by atoms with Gasteiger partial charge in [-0.1, -0.05) is 6.92 Å². The van der Waals surface area contributed by atoms with Crippen molar-refractivity contribution in [2.24, 2.45) is 5.92 Å². The molecule has 1 amide bonds. The number of nitrogens with zero attached hydrogens (tertiary/aromatic N) is 1. The van der Waals surface area contributed by atoms with Crippen LogP contribution in [0.1, 0.15) is 79.7 Å². The third-order valence-corrected chi connectivity index (χ3v) is 6.77. The number of carbonyl (C=O) groups is 3. The van der Waals surface area contributed by atoms with Crippen molar-refractivity contribution in [1.29, 1.82) is 0 Å². The molecule has 0 bridgehead atoms. The largest absolute Gasteiger partial charge is 0.490 e. The molecule has 9 nitrogen and oxygen atoms in total. The molecule has 2 aliphatic rings. The van der Waals surface area contributed by atoms with Crippen molar-refractivity contribution in [1.82, 2.24) is 10.2 Å². The average Bonchev–Trinajstić information content (AvgIpc) is 2.82. The number of hydrogen-bond acceptors (Lipinski definition) is 8. The van der Waals surface area contributed by atoms with Crippen LogP contribution in [-0.4, -0.2) is 74.5 Å². The highest BCUT2D eigenvalue weighted by molar-refractivity contribution is 6.04. The standard InChI is InChI=1S/C27H40N2O7/c1-7-20-22(9-8-21(24(30)33-5)23(20)25(31)34-6)35-19-14-18(15-19)28-16-17-10-12-29(13-11-17)26(32)36-27(2,3)4/h8-9,17-19,28H,7,10-16H2,1-6H3. The van der Waals surface area contributed by atoms with Crippen LogP contribution >= 0.6 is 0 Å². The Bertz CT molecular complexity index is 942. The number of esters is 2. The van der Waals surface area contributed by atoms with Crippen LogP contribution in [0.25, 0.3) is 0 Å². The van der Waals surface area contributed by atoms with Crippen LogP contribution in [-0.2, 0) is 20.6 Å². The van der Waals surface area contributed by atoms with E-state index in [9.17, 15) is 14.4 Å². The maximum Gasteiger partial charge on any atom is 0.410 e. The summed E-state index contributed by atoms with van der Waals surface area (Å²) in [7, 11) is 2.57. The zero-order valence-electron chi connectivity index (χ0n) is 22.3. The van der Waals surface area contributed by atoms with Crippen LogP contribution < -0.4 is 10.1 Å². The highest BCUT2D eigenvalue weighted by Crippen LogP contribution is 2.33. The molecule has 9 heteroatoms. The molecule has 1 aliphatic heterocycles. The first-order valence-electron chi connectivity index (χ1n) is 12.8. The Morgan fingerprint density at radius 1 is 1.03 bits per heavy atom. The number of hydrogen-bond donors (Lipinski definition) is 1. The zero-order chi connectivity index (χ0) is 26.5. The van der Waals surface area contributed by atoms with Gasteiger partial charge in [-0.05, 0) is 77.5 Å². The van der Waals surface area contributed by atoms with Crippen molar-refractivity contribution in [3.05, 3.63) is 28.8 Å². The summed E-state index contributed by atoms with van der Waals surface area (Å²) in [4.78, 5) is 38.7. The van der Waals surface area contributed by atoms with Gasteiger partial charge in [-0.2, -0.15) is 0 Å². The molecule has 1 aromatic carbocycles. The van der Waals surface area contributed by atoms with Gasteiger partial charge < -0.3 is 29.2 Å². The molecule has 0 unspecified atom stereocenters. The molecule has 1 saturated heterocycles. The van der Waals surface area contributed by atoms with Gasteiger partial charge in [0.2, 0.25) is 0 Å². The fourth-order valence-electron chi connectivity index (χ4n) is 4.69. The normalized spacial score (nSPS) is 20.3. The number of methoxy groups -OCH3 is 2. The summed E-state index contributed by atoms with van der Waals surface area (Å²) < 4.78 is 21.4. The minimum absolute atomic E-state index is 0.0382. The first-order valence-corrected chi connectivity index (χ1v) is 12.8. The first kappa shape index (κ1) is 27.8. The number of rotatable bonds is 8. The lowest BCUT2D eigenvalue weighted by Gasteiger charge is -2.38. The Labute approximate surface area is 213 Å². The van der Waals surface area contributed by atoms with Gasteiger partial charge in [-0.25, -0.2) is 14.4 Å². The van der Waals surface area contributed by atoms with Gasteiger partial charge in [0, 0.05) is 24.7 Å².